The Labute approximate surface area is 122 Å². The van der Waals surface area contributed by atoms with Crippen molar-refractivity contribution in [3.05, 3.63) is 0 Å². The quantitative estimate of drug-likeness (QED) is 0.845. The molecule has 0 spiro atoms. The van der Waals surface area contributed by atoms with E-state index >= 15 is 0 Å². The lowest BCUT2D eigenvalue weighted by Gasteiger charge is -2.38. The highest BCUT2D eigenvalue weighted by atomic mass is 32.2. The molecule has 2 aliphatic heterocycles. The number of thioether (sulfide) groups is 1. The molecule has 2 heterocycles. The third-order valence-corrected chi connectivity index (χ3v) is 5.69. The van der Waals surface area contributed by atoms with Crippen LogP contribution in [-0.2, 0) is 4.74 Å². The van der Waals surface area contributed by atoms with Crippen LogP contribution in [0, 0.1) is 5.92 Å². The number of hydrogen-bond donors (Lipinski definition) is 1. The fourth-order valence-electron chi connectivity index (χ4n) is 3.71. The lowest BCUT2D eigenvalue weighted by atomic mass is 9.84. The van der Waals surface area contributed by atoms with Crippen LogP contribution in [0.25, 0.3) is 0 Å². The minimum Gasteiger partial charge on any atom is -0.390 e. The molecule has 0 radical (unpaired) electrons. The third kappa shape index (κ3) is 3.29. The second kappa shape index (κ2) is 5.21. The van der Waals surface area contributed by atoms with Gasteiger partial charge in [-0.05, 0) is 27.7 Å². The van der Waals surface area contributed by atoms with Crippen molar-refractivity contribution < 1.29 is 9.84 Å². The average molecular weight is 287 g/mol. The molecule has 112 valence electrons. The minimum atomic E-state index is -0.435. The van der Waals surface area contributed by atoms with E-state index in [4.69, 9.17) is 4.74 Å². The molecule has 19 heavy (non-hydrogen) atoms. The Hall–Kier alpha value is 0.230. The molecule has 4 atom stereocenters. The SMILES string of the molecule is CC1CN(CC2C(O)C(C)(C)OC2(C)C)CC(C)S1. The molecule has 2 saturated heterocycles. The van der Waals surface area contributed by atoms with E-state index in [-0.39, 0.29) is 17.6 Å². The van der Waals surface area contributed by atoms with E-state index in [9.17, 15) is 5.11 Å². The zero-order chi connectivity index (χ0) is 14.4. The summed E-state index contributed by atoms with van der Waals surface area (Å²) in [5.74, 6) is 0.185. The van der Waals surface area contributed by atoms with Crippen molar-refractivity contribution in [2.45, 2.75) is 69.3 Å². The van der Waals surface area contributed by atoms with E-state index in [0.717, 1.165) is 19.6 Å². The molecule has 0 amide bonds. The Balaban J connectivity index is 2.05. The normalized spacial score (nSPS) is 42.5. The smallest absolute Gasteiger partial charge is 0.0896 e. The van der Waals surface area contributed by atoms with Gasteiger partial charge in [-0.15, -0.1) is 0 Å². The number of aliphatic hydroxyl groups is 1. The zero-order valence-electron chi connectivity index (χ0n) is 13.1. The zero-order valence-corrected chi connectivity index (χ0v) is 14.0. The van der Waals surface area contributed by atoms with Crippen LogP contribution in [0.2, 0.25) is 0 Å². The molecule has 2 aliphatic rings. The van der Waals surface area contributed by atoms with E-state index in [1.807, 2.05) is 13.8 Å². The molecule has 4 heteroatoms. The predicted octanol–water partition coefficient (Wildman–Crippen LogP) is 2.38. The van der Waals surface area contributed by atoms with Gasteiger partial charge in [0.2, 0.25) is 0 Å². The Morgan fingerprint density at radius 1 is 1.11 bits per heavy atom. The first-order chi connectivity index (χ1) is 8.62. The van der Waals surface area contributed by atoms with Crippen LogP contribution in [0.1, 0.15) is 41.5 Å². The minimum absolute atomic E-state index is 0.185. The summed E-state index contributed by atoms with van der Waals surface area (Å²) in [5, 5.41) is 11.9. The van der Waals surface area contributed by atoms with Gasteiger partial charge in [0.15, 0.2) is 0 Å². The predicted molar refractivity (Wildman–Crippen MR) is 81.7 cm³/mol. The Morgan fingerprint density at radius 2 is 1.63 bits per heavy atom. The van der Waals surface area contributed by atoms with Crippen molar-refractivity contribution in [3.8, 4) is 0 Å². The van der Waals surface area contributed by atoms with Gasteiger partial charge in [0, 0.05) is 36.1 Å². The fraction of sp³-hybridized carbons (Fsp3) is 1.00. The standard InChI is InChI=1S/C15H29NO2S/c1-10-7-16(8-11(2)19-10)9-12-13(17)15(5,6)18-14(12,3)4/h10-13,17H,7-9H2,1-6H3. The van der Waals surface area contributed by atoms with Crippen LogP contribution in [0.3, 0.4) is 0 Å². The molecule has 0 saturated carbocycles. The molecule has 2 fully saturated rings. The van der Waals surface area contributed by atoms with Crippen molar-refractivity contribution in [3.63, 3.8) is 0 Å². The van der Waals surface area contributed by atoms with Gasteiger partial charge in [-0.2, -0.15) is 11.8 Å². The van der Waals surface area contributed by atoms with Crippen LogP contribution in [0.5, 0.6) is 0 Å². The van der Waals surface area contributed by atoms with Crippen molar-refractivity contribution in [2.24, 2.45) is 5.92 Å². The lowest BCUT2D eigenvalue weighted by molar-refractivity contribution is -0.0913. The summed E-state index contributed by atoms with van der Waals surface area (Å²) in [6.07, 6.45) is -0.386. The van der Waals surface area contributed by atoms with E-state index < -0.39 is 5.60 Å². The monoisotopic (exact) mass is 287 g/mol. The molecule has 0 aromatic rings. The molecule has 1 N–H and O–H groups in total. The van der Waals surface area contributed by atoms with Crippen molar-refractivity contribution in [1.82, 2.24) is 4.90 Å². The van der Waals surface area contributed by atoms with Gasteiger partial charge >= 0.3 is 0 Å². The van der Waals surface area contributed by atoms with E-state index in [1.165, 1.54) is 0 Å². The highest BCUT2D eigenvalue weighted by Crippen LogP contribution is 2.43. The summed E-state index contributed by atoms with van der Waals surface area (Å²) in [4.78, 5) is 2.51. The summed E-state index contributed by atoms with van der Waals surface area (Å²) >= 11 is 2.07. The van der Waals surface area contributed by atoms with E-state index in [2.05, 4.69) is 44.4 Å². The summed E-state index contributed by atoms with van der Waals surface area (Å²) in [6.45, 7) is 16.0. The third-order valence-electron chi connectivity index (χ3n) is 4.46. The molecular formula is C15H29NO2S. The second-order valence-corrected chi connectivity index (χ2v) is 9.22. The van der Waals surface area contributed by atoms with Crippen molar-refractivity contribution in [2.75, 3.05) is 19.6 Å². The molecule has 0 bridgehead atoms. The maximum Gasteiger partial charge on any atom is 0.0896 e. The molecule has 0 aromatic heterocycles. The van der Waals surface area contributed by atoms with E-state index in [1.54, 1.807) is 0 Å². The Kier molecular flexibility index (Phi) is 4.28. The first-order valence-electron chi connectivity index (χ1n) is 7.38. The molecule has 2 rings (SSSR count). The van der Waals surface area contributed by atoms with Crippen LogP contribution >= 0.6 is 11.8 Å². The maximum absolute atomic E-state index is 10.6. The second-order valence-electron chi connectivity index (χ2n) is 7.34. The lowest BCUT2D eigenvalue weighted by Crippen LogP contribution is -2.48. The first kappa shape index (κ1) is 15.6. The average Bonchev–Trinajstić information content (AvgIpc) is 2.35. The molecular weight excluding hydrogens is 258 g/mol. The largest absolute Gasteiger partial charge is 0.390 e. The Bertz CT molecular complexity index is 322. The summed E-state index contributed by atoms with van der Waals surface area (Å²) < 4.78 is 6.07. The van der Waals surface area contributed by atoms with Gasteiger partial charge in [-0.1, -0.05) is 13.8 Å². The maximum atomic E-state index is 10.6. The van der Waals surface area contributed by atoms with Crippen LogP contribution in [0.4, 0.5) is 0 Å². The molecule has 3 nitrogen and oxygen atoms in total. The number of nitrogens with zero attached hydrogens (tertiary/aromatic N) is 1. The summed E-state index contributed by atoms with van der Waals surface area (Å²) in [6, 6.07) is 0. The van der Waals surface area contributed by atoms with Gasteiger partial charge in [0.25, 0.3) is 0 Å². The number of rotatable bonds is 2. The molecule has 0 aliphatic carbocycles. The van der Waals surface area contributed by atoms with Crippen molar-refractivity contribution in [1.29, 1.82) is 0 Å². The highest BCUT2D eigenvalue weighted by molar-refractivity contribution is 8.00. The van der Waals surface area contributed by atoms with Crippen molar-refractivity contribution >= 4 is 11.8 Å². The first-order valence-corrected chi connectivity index (χ1v) is 8.32. The fourth-order valence-corrected chi connectivity index (χ4v) is 5.10. The molecule has 0 aromatic carbocycles. The van der Waals surface area contributed by atoms with Crippen LogP contribution in [-0.4, -0.2) is 57.4 Å². The topological polar surface area (TPSA) is 32.7 Å². The van der Waals surface area contributed by atoms with Gasteiger partial charge in [0.05, 0.1) is 17.3 Å². The van der Waals surface area contributed by atoms with Gasteiger partial charge in [-0.3, -0.25) is 0 Å². The van der Waals surface area contributed by atoms with Gasteiger partial charge < -0.3 is 14.7 Å². The Morgan fingerprint density at radius 3 is 2.05 bits per heavy atom. The van der Waals surface area contributed by atoms with Crippen LogP contribution < -0.4 is 0 Å². The van der Waals surface area contributed by atoms with Crippen LogP contribution in [0.15, 0.2) is 0 Å². The number of hydrogen-bond acceptors (Lipinski definition) is 4. The van der Waals surface area contributed by atoms with Gasteiger partial charge in [0.1, 0.15) is 0 Å². The summed E-state index contributed by atoms with van der Waals surface area (Å²) in [5.41, 5.74) is -0.685. The summed E-state index contributed by atoms with van der Waals surface area (Å²) in [7, 11) is 0. The van der Waals surface area contributed by atoms with Gasteiger partial charge in [-0.25, -0.2) is 0 Å². The van der Waals surface area contributed by atoms with E-state index in [0.29, 0.717) is 10.5 Å². The number of ether oxygens (including phenoxy) is 1. The number of aliphatic hydroxyl groups excluding tert-OH is 1. The molecule has 4 unspecified atom stereocenters. The highest BCUT2D eigenvalue weighted by Gasteiger charge is 2.53.